The van der Waals surface area contributed by atoms with Crippen LogP contribution in [0.1, 0.15) is 41.3 Å². The highest BCUT2D eigenvalue weighted by Crippen LogP contribution is 2.38. The van der Waals surface area contributed by atoms with Gasteiger partial charge in [0.1, 0.15) is 0 Å². The molecule has 2 atom stereocenters. The zero-order chi connectivity index (χ0) is 14.8. The van der Waals surface area contributed by atoms with Gasteiger partial charge in [0.05, 0.1) is 22.5 Å². The first kappa shape index (κ1) is 14.5. The molecule has 1 saturated carbocycles. The summed E-state index contributed by atoms with van der Waals surface area (Å²) in [5.74, 6) is -1.74. The van der Waals surface area contributed by atoms with E-state index in [0.29, 0.717) is 13.0 Å². The first-order chi connectivity index (χ1) is 10.1. The fourth-order valence-corrected chi connectivity index (χ4v) is 4.05. The lowest BCUT2D eigenvalue weighted by molar-refractivity contribution is -0.140. The standard InChI is InChI=1S/C15H20N2O3S/c18-14(9-8-10(9)15(19)20)16-7-3-6-13-17-11-4-1-2-5-12(11)21-13/h9-10H,1-8H2,(H,16,18)(H,19,20)/t9-,10-/m0/s1. The lowest BCUT2D eigenvalue weighted by atomic mass is 10.0. The first-order valence-electron chi connectivity index (χ1n) is 7.63. The Hall–Kier alpha value is -1.43. The first-order valence-corrected chi connectivity index (χ1v) is 8.45. The summed E-state index contributed by atoms with van der Waals surface area (Å²) in [5, 5.41) is 12.8. The number of rotatable bonds is 6. The number of amides is 1. The number of aromatic nitrogens is 1. The lowest BCUT2D eigenvalue weighted by Gasteiger charge is -2.06. The van der Waals surface area contributed by atoms with Crippen LogP contribution in [0.5, 0.6) is 0 Å². The van der Waals surface area contributed by atoms with Crippen molar-refractivity contribution < 1.29 is 14.7 Å². The molecule has 2 N–H and O–H groups in total. The van der Waals surface area contributed by atoms with Crippen LogP contribution in [0.3, 0.4) is 0 Å². The molecule has 0 saturated heterocycles. The van der Waals surface area contributed by atoms with Crippen molar-refractivity contribution >= 4 is 23.2 Å². The topological polar surface area (TPSA) is 79.3 Å². The molecule has 1 aromatic rings. The molecule has 0 bridgehead atoms. The number of nitrogens with one attached hydrogen (secondary N) is 1. The fraction of sp³-hybridized carbons (Fsp3) is 0.667. The van der Waals surface area contributed by atoms with Gasteiger partial charge in [-0.05, 0) is 38.5 Å². The summed E-state index contributed by atoms with van der Waals surface area (Å²) in [4.78, 5) is 28.5. The Morgan fingerprint density at radius 3 is 2.81 bits per heavy atom. The van der Waals surface area contributed by atoms with E-state index in [9.17, 15) is 9.59 Å². The summed E-state index contributed by atoms with van der Waals surface area (Å²) in [6.45, 7) is 0.603. The number of fused-ring (bicyclic) bond motifs is 1. The van der Waals surface area contributed by atoms with Crippen molar-refractivity contribution in [1.82, 2.24) is 10.3 Å². The van der Waals surface area contributed by atoms with E-state index < -0.39 is 11.9 Å². The van der Waals surface area contributed by atoms with Crippen LogP contribution < -0.4 is 5.32 Å². The number of hydrogen-bond donors (Lipinski definition) is 2. The number of aliphatic carboxylic acids is 1. The van der Waals surface area contributed by atoms with Crippen molar-refractivity contribution in [3.63, 3.8) is 0 Å². The molecule has 3 rings (SSSR count). The average molecular weight is 308 g/mol. The quantitative estimate of drug-likeness (QED) is 0.785. The van der Waals surface area contributed by atoms with E-state index in [2.05, 4.69) is 10.3 Å². The average Bonchev–Trinajstić information content (AvgIpc) is 3.17. The van der Waals surface area contributed by atoms with E-state index in [4.69, 9.17) is 5.11 Å². The van der Waals surface area contributed by atoms with E-state index >= 15 is 0 Å². The van der Waals surface area contributed by atoms with Gasteiger partial charge in [-0.3, -0.25) is 9.59 Å². The Morgan fingerprint density at radius 1 is 1.29 bits per heavy atom. The number of aryl methyl sites for hydroxylation is 3. The summed E-state index contributed by atoms with van der Waals surface area (Å²) in [7, 11) is 0. The molecule has 0 aliphatic heterocycles. The predicted molar refractivity (Wildman–Crippen MR) is 79.3 cm³/mol. The summed E-state index contributed by atoms with van der Waals surface area (Å²) >= 11 is 1.82. The molecule has 0 radical (unpaired) electrons. The third kappa shape index (κ3) is 3.43. The molecule has 0 unspecified atom stereocenters. The van der Waals surface area contributed by atoms with Crippen LogP contribution in [-0.2, 0) is 28.9 Å². The van der Waals surface area contributed by atoms with Crippen molar-refractivity contribution in [3.05, 3.63) is 15.6 Å². The molecule has 0 spiro atoms. The van der Waals surface area contributed by atoms with E-state index in [1.165, 1.54) is 34.8 Å². The molecule has 1 amide bonds. The largest absolute Gasteiger partial charge is 0.481 e. The lowest BCUT2D eigenvalue weighted by Crippen LogP contribution is -2.27. The molecule has 2 aliphatic carbocycles. The van der Waals surface area contributed by atoms with Gasteiger partial charge in [0.15, 0.2) is 0 Å². The van der Waals surface area contributed by atoms with E-state index in [-0.39, 0.29) is 11.8 Å². The summed E-state index contributed by atoms with van der Waals surface area (Å²) in [5.41, 5.74) is 1.28. The highest BCUT2D eigenvalue weighted by Gasteiger charge is 2.48. The summed E-state index contributed by atoms with van der Waals surface area (Å²) < 4.78 is 0. The Balaban J connectivity index is 1.38. The zero-order valence-corrected chi connectivity index (χ0v) is 12.7. The second-order valence-corrected chi connectivity index (χ2v) is 7.03. The molecule has 1 fully saturated rings. The van der Waals surface area contributed by atoms with Crippen LogP contribution in [0.2, 0.25) is 0 Å². The predicted octanol–water partition coefficient (Wildman–Crippen LogP) is 1.79. The number of carbonyl (C=O) groups excluding carboxylic acids is 1. The van der Waals surface area contributed by atoms with E-state index in [1.807, 2.05) is 11.3 Å². The Labute approximate surface area is 127 Å². The van der Waals surface area contributed by atoms with Crippen LogP contribution in [0.15, 0.2) is 0 Å². The van der Waals surface area contributed by atoms with Gasteiger partial charge in [-0.15, -0.1) is 11.3 Å². The number of nitrogens with zero attached hydrogens (tertiary/aromatic N) is 1. The summed E-state index contributed by atoms with van der Waals surface area (Å²) in [6.07, 6.45) is 7.05. The van der Waals surface area contributed by atoms with Gasteiger partial charge in [-0.2, -0.15) is 0 Å². The van der Waals surface area contributed by atoms with Crippen LogP contribution in [0.25, 0.3) is 0 Å². The molecule has 1 heterocycles. The number of carboxylic acids is 1. The molecular formula is C15H20N2O3S. The molecule has 6 heteroatoms. The van der Waals surface area contributed by atoms with Gasteiger partial charge in [0, 0.05) is 17.8 Å². The van der Waals surface area contributed by atoms with E-state index in [0.717, 1.165) is 19.3 Å². The molecule has 21 heavy (non-hydrogen) atoms. The fourth-order valence-electron chi connectivity index (χ4n) is 2.85. The van der Waals surface area contributed by atoms with Crippen molar-refractivity contribution in [2.45, 2.75) is 44.9 Å². The normalized spacial score (nSPS) is 23.4. The smallest absolute Gasteiger partial charge is 0.307 e. The highest BCUT2D eigenvalue weighted by molar-refractivity contribution is 7.11. The minimum absolute atomic E-state index is 0.110. The number of thiazole rings is 1. The minimum atomic E-state index is -0.858. The number of carboxylic acid groups (broad SMARTS) is 1. The Morgan fingerprint density at radius 2 is 2.10 bits per heavy atom. The van der Waals surface area contributed by atoms with Crippen molar-refractivity contribution in [3.8, 4) is 0 Å². The maximum absolute atomic E-state index is 11.7. The SMILES string of the molecule is O=C(O)[C@H]1C[C@@H]1C(=O)NCCCc1nc2c(s1)CCCC2. The van der Waals surface area contributed by atoms with Crippen molar-refractivity contribution in [2.24, 2.45) is 11.8 Å². The zero-order valence-electron chi connectivity index (χ0n) is 11.9. The molecule has 2 aliphatic rings. The summed E-state index contributed by atoms with van der Waals surface area (Å²) in [6, 6.07) is 0. The second kappa shape index (κ2) is 6.13. The second-order valence-electron chi connectivity index (χ2n) is 5.87. The molecular weight excluding hydrogens is 288 g/mol. The third-order valence-corrected chi connectivity index (χ3v) is 5.42. The Kier molecular flexibility index (Phi) is 4.24. The van der Waals surface area contributed by atoms with Gasteiger partial charge >= 0.3 is 5.97 Å². The van der Waals surface area contributed by atoms with Gasteiger partial charge in [0.25, 0.3) is 0 Å². The number of carbonyl (C=O) groups is 2. The van der Waals surface area contributed by atoms with Gasteiger partial charge < -0.3 is 10.4 Å². The third-order valence-electron chi connectivity index (χ3n) is 4.20. The number of hydrogen-bond acceptors (Lipinski definition) is 4. The molecule has 1 aromatic heterocycles. The monoisotopic (exact) mass is 308 g/mol. The minimum Gasteiger partial charge on any atom is -0.481 e. The Bertz CT molecular complexity index is 532. The molecule has 114 valence electrons. The van der Waals surface area contributed by atoms with Gasteiger partial charge in [0.2, 0.25) is 5.91 Å². The van der Waals surface area contributed by atoms with E-state index in [1.54, 1.807) is 0 Å². The van der Waals surface area contributed by atoms with Crippen LogP contribution in [-0.4, -0.2) is 28.5 Å². The van der Waals surface area contributed by atoms with Crippen molar-refractivity contribution in [1.29, 1.82) is 0 Å². The highest BCUT2D eigenvalue weighted by atomic mass is 32.1. The van der Waals surface area contributed by atoms with Crippen LogP contribution >= 0.6 is 11.3 Å². The van der Waals surface area contributed by atoms with Gasteiger partial charge in [-0.25, -0.2) is 4.98 Å². The molecule has 5 nitrogen and oxygen atoms in total. The molecule has 0 aromatic carbocycles. The maximum atomic E-state index is 11.7. The van der Waals surface area contributed by atoms with Crippen LogP contribution in [0.4, 0.5) is 0 Å². The van der Waals surface area contributed by atoms with Crippen molar-refractivity contribution in [2.75, 3.05) is 6.54 Å². The van der Waals surface area contributed by atoms with Crippen LogP contribution in [0, 0.1) is 11.8 Å². The maximum Gasteiger partial charge on any atom is 0.307 e. The van der Waals surface area contributed by atoms with Gasteiger partial charge in [-0.1, -0.05) is 0 Å².